The molecule has 0 aliphatic carbocycles. The number of carbonyl (C=O) groups is 1. The van der Waals surface area contributed by atoms with E-state index in [0.29, 0.717) is 16.5 Å². The van der Waals surface area contributed by atoms with Crippen LogP contribution >= 0.6 is 23.2 Å². The van der Waals surface area contributed by atoms with Crippen LogP contribution in [0.4, 0.5) is 0 Å². The van der Waals surface area contributed by atoms with Crippen molar-refractivity contribution in [1.82, 2.24) is 15.1 Å². The molecule has 0 radical (unpaired) electrons. The van der Waals surface area contributed by atoms with Gasteiger partial charge in [-0.1, -0.05) is 43.0 Å². The van der Waals surface area contributed by atoms with E-state index >= 15 is 0 Å². The van der Waals surface area contributed by atoms with E-state index in [-0.39, 0.29) is 5.91 Å². The second-order valence-corrected chi connectivity index (χ2v) is 6.73. The maximum Gasteiger partial charge on any atom is 0.224 e. The van der Waals surface area contributed by atoms with E-state index in [0.717, 1.165) is 48.4 Å². The zero-order valence-corrected chi connectivity index (χ0v) is 15.8. The zero-order chi connectivity index (χ0) is 17.7. The van der Waals surface area contributed by atoms with Crippen molar-refractivity contribution in [2.45, 2.75) is 46.5 Å². The first-order valence-electron chi connectivity index (χ1n) is 8.21. The first-order chi connectivity index (χ1) is 11.4. The molecule has 2 aromatic rings. The highest BCUT2D eigenvalue weighted by atomic mass is 35.5. The summed E-state index contributed by atoms with van der Waals surface area (Å²) in [5.41, 5.74) is 3.45. The van der Waals surface area contributed by atoms with E-state index in [4.69, 9.17) is 23.2 Å². The molecule has 0 fully saturated rings. The minimum atomic E-state index is 0.0269. The molecule has 4 nitrogen and oxygen atoms in total. The number of unbranched alkanes of at least 4 members (excludes halogenated alkanes) is 2. The quantitative estimate of drug-likeness (QED) is 0.724. The summed E-state index contributed by atoms with van der Waals surface area (Å²) in [7, 11) is 0. The summed E-state index contributed by atoms with van der Waals surface area (Å²) < 4.78 is 1.77. The fraction of sp³-hybridized carbons (Fsp3) is 0.444. The van der Waals surface area contributed by atoms with Crippen molar-refractivity contribution >= 4 is 29.1 Å². The maximum absolute atomic E-state index is 12.1. The summed E-state index contributed by atoms with van der Waals surface area (Å²) in [6.07, 6.45) is 3.61. The lowest BCUT2D eigenvalue weighted by atomic mass is 10.1. The smallest absolute Gasteiger partial charge is 0.224 e. The van der Waals surface area contributed by atoms with Crippen LogP contribution in [0, 0.1) is 13.8 Å². The molecule has 0 saturated carbocycles. The van der Waals surface area contributed by atoms with Gasteiger partial charge in [0.2, 0.25) is 5.91 Å². The molecule has 1 aromatic heterocycles. The number of aryl methyl sites for hydroxylation is 1. The molecule has 0 aliphatic heterocycles. The fourth-order valence-electron chi connectivity index (χ4n) is 2.64. The molecule has 6 heteroatoms. The third-order valence-electron chi connectivity index (χ3n) is 4.02. The lowest BCUT2D eigenvalue weighted by Gasteiger charge is -2.08. The first kappa shape index (κ1) is 18.8. The summed E-state index contributed by atoms with van der Waals surface area (Å²) in [4.78, 5) is 12.1. The minimum absolute atomic E-state index is 0.0269. The number of carbonyl (C=O) groups excluding carboxylic acids is 1. The summed E-state index contributed by atoms with van der Waals surface area (Å²) in [5, 5.41) is 8.62. The normalized spacial score (nSPS) is 10.9. The Balaban J connectivity index is 2.15. The number of nitrogens with zero attached hydrogens (tertiary/aromatic N) is 2. The number of hydrogen-bond donors (Lipinski definition) is 1. The van der Waals surface area contributed by atoms with Gasteiger partial charge in [-0.2, -0.15) is 5.10 Å². The van der Waals surface area contributed by atoms with Crippen LogP contribution in [0.15, 0.2) is 18.2 Å². The number of hydrogen-bond acceptors (Lipinski definition) is 2. The lowest BCUT2D eigenvalue weighted by molar-refractivity contribution is -0.120. The van der Waals surface area contributed by atoms with Gasteiger partial charge in [0.1, 0.15) is 0 Å². The van der Waals surface area contributed by atoms with E-state index in [1.807, 2.05) is 19.9 Å². The summed E-state index contributed by atoms with van der Waals surface area (Å²) >= 11 is 12.2. The number of nitrogens with one attached hydrogen (secondary N) is 1. The molecule has 1 amide bonds. The van der Waals surface area contributed by atoms with Gasteiger partial charge >= 0.3 is 0 Å². The van der Waals surface area contributed by atoms with Crippen LogP contribution in [0.25, 0.3) is 5.69 Å². The van der Waals surface area contributed by atoms with Crippen molar-refractivity contribution in [3.8, 4) is 5.69 Å². The van der Waals surface area contributed by atoms with Gasteiger partial charge < -0.3 is 5.32 Å². The van der Waals surface area contributed by atoms with Crippen LogP contribution in [0.2, 0.25) is 10.0 Å². The summed E-state index contributed by atoms with van der Waals surface area (Å²) in [5.74, 6) is 0.0269. The minimum Gasteiger partial charge on any atom is -0.356 e. The lowest BCUT2D eigenvalue weighted by Crippen LogP contribution is -2.26. The molecule has 24 heavy (non-hydrogen) atoms. The average molecular weight is 368 g/mol. The predicted octanol–water partition coefficient (Wildman–Crippen LogP) is 4.64. The van der Waals surface area contributed by atoms with Crippen LogP contribution in [0.1, 0.15) is 43.1 Å². The molecule has 130 valence electrons. The zero-order valence-electron chi connectivity index (χ0n) is 14.3. The molecule has 0 saturated heterocycles. The van der Waals surface area contributed by atoms with E-state index in [2.05, 4.69) is 17.3 Å². The van der Waals surface area contributed by atoms with Gasteiger partial charge in [-0.05, 0) is 38.5 Å². The SMILES string of the molecule is CCCCCNC(=O)Cc1c(C)nn(-c2ccc(Cl)cc2Cl)c1C. The molecular weight excluding hydrogens is 345 g/mol. The molecule has 0 unspecified atom stereocenters. The third kappa shape index (κ3) is 4.52. The van der Waals surface area contributed by atoms with Crippen molar-refractivity contribution in [1.29, 1.82) is 0 Å². The second-order valence-electron chi connectivity index (χ2n) is 5.89. The van der Waals surface area contributed by atoms with Gasteiger partial charge in [0.25, 0.3) is 0 Å². The van der Waals surface area contributed by atoms with E-state index in [1.54, 1.807) is 16.8 Å². The predicted molar refractivity (Wildman–Crippen MR) is 99.3 cm³/mol. The molecule has 0 aliphatic rings. The fourth-order valence-corrected chi connectivity index (χ4v) is 3.13. The van der Waals surface area contributed by atoms with Gasteiger partial charge in [0.05, 0.1) is 22.8 Å². The monoisotopic (exact) mass is 367 g/mol. The standard InChI is InChI=1S/C18H23Cl2N3O/c1-4-5-6-9-21-18(24)11-15-12(2)22-23(13(15)3)17-8-7-14(19)10-16(17)20/h7-8,10H,4-6,9,11H2,1-3H3,(H,21,24). The van der Waals surface area contributed by atoms with Gasteiger partial charge in [-0.3, -0.25) is 4.79 Å². The highest BCUT2D eigenvalue weighted by Crippen LogP contribution is 2.27. The van der Waals surface area contributed by atoms with E-state index in [1.165, 1.54) is 0 Å². The molecule has 0 bridgehead atoms. The van der Waals surface area contributed by atoms with Crippen molar-refractivity contribution in [3.63, 3.8) is 0 Å². The Kier molecular flexibility index (Phi) is 6.69. The highest BCUT2D eigenvalue weighted by molar-refractivity contribution is 6.35. The van der Waals surface area contributed by atoms with E-state index < -0.39 is 0 Å². The van der Waals surface area contributed by atoms with Crippen molar-refractivity contribution in [3.05, 3.63) is 45.2 Å². The Labute approximate surface area is 153 Å². The van der Waals surface area contributed by atoms with Crippen LogP contribution in [0.3, 0.4) is 0 Å². The largest absolute Gasteiger partial charge is 0.356 e. The Morgan fingerprint density at radius 3 is 2.67 bits per heavy atom. The number of amides is 1. The Morgan fingerprint density at radius 1 is 1.25 bits per heavy atom. The van der Waals surface area contributed by atoms with Crippen LogP contribution in [0.5, 0.6) is 0 Å². The number of aromatic nitrogens is 2. The maximum atomic E-state index is 12.1. The number of rotatable bonds is 7. The molecular formula is C18H23Cl2N3O. The van der Waals surface area contributed by atoms with Crippen LogP contribution in [-0.4, -0.2) is 22.2 Å². The van der Waals surface area contributed by atoms with Gasteiger partial charge in [-0.15, -0.1) is 0 Å². The van der Waals surface area contributed by atoms with Crippen molar-refractivity contribution in [2.75, 3.05) is 6.54 Å². The highest BCUT2D eigenvalue weighted by Gasteiger charge is 2.17. The van der Waals surface area contributed by atoms with Gasteiger partial charge in [0, 0.05) is 22.8 Å². The number of halogens is 2. The third-order valence-corrected chi connectivity index (χ3v) is 4.56. The Bertz CT molecular complexity index is 725. The van der Waals surface area contributed by atoms with Gasteiger partial charge in [-0.25, -0.2) is 4.68 Å². The second kappa shape index (κ2) is 8.54. The molecule has 2 rings (SSSR count). The van der Waals surface area contributed by atoms with Crippen molar-refractivity contribution in [2.24, 2.45) is 0 Å². The number of benzene rings is 1. The van der Waals surface area contributed by atoms with Crippen molar-refractivity contribution < 1.29 is 4.79 Å². The Morgan fingerprint density at radius 2 is 2.00 bits per heavy atom. The van der Waals surface area contributed by atoms with Gasteiger partial charge in [0.15, 0.2) is 0 Å². The molecule has 1 N–H and O–H groups in total. The topological polar surface area (TPSA) is 46.9 Å². The van der Waals surface area contributed by atoms with E-state index in [9.17, 15) is 4.79 Å². The van der Waals surface area contributed by atoms with Crippen LogP contribution in [-0.2, 0) is 11.2 Å². The summed E-state index contributed by atoms with van der Waals surface area (Å²) in [6, 6.07) is 5.30. The first-order valence-corrected chi connectivity index (χ1v) is 8.96. The molecule has 0 spiro atoms. The van der Waals surface area contributed by atoms with Crippen LogP contribution < -0.4 is 5.32 Å². The summed E-state index contributed by atoms with van der Waals surface area (Å²) in [6.45, 7) is 6.73. The molecule has 1 aromatic carbocycles. The Hall–Kier alpha value is -1.52. The molecule has 0 atom stereocenters. The molecule has 1 heterocycles. The average Bonchev–Trinajstić information content (AvgIpc) is 2.80.